The first-order valence-electron chi connectivity index (χ1n) is 10.7. The molecule has 4 rings (SSSR count). The number of esters is 1. The van der Waals surface area contributed by atoms with Crippen LogP contribution < -0.4 is 14.9 Å². The molecule has 0 bridgehead atoms. The van der Waals surface area contributed by atoms with Crippen LogP contribution in [-0.4, -0.2) is 22.9 Å². The molecule has 1 atom stereocenters. The SMILES string of the molecule is CSc1ccc(C2C(C(=O)OC(C)C)=C(C)N=c3s/c(=C/c4ccc(C)cc4)c(=O)n32)cc1. The highest BCUT2D eigenvalue weighted by Gasteiger charge is 2.33. The predicted molar refractivity (Wildman–Crippen MR) is 134 cm³/mol. The van der Waals surface area contributed by atoms with Crippen LogP contribution in [0.2, 0.25) is 0 Å². The quantitative estimate of drug-likeness (QED) is 0.407. The van der Waals surface area contributed by atoms with E-state index in [1.807, 2.05) is 81.6 Å². The number of nitrogens with zero attached hydrogens (tertiary/aromatic N) is 2. The molecular formula is C26H26N2O3S2. The van der Waals surface area contributed by atoms with Crippen LogP contribution in [-0.2, 0) is 9.53 Å². The fraction of sp³-hybridized carbons (Fsp3) is 0.269. The molecule has 0 saturated carbocycles. The van der Waals surface area contributed by atoms with Crippen LogP contribution in [0.15, 0.2) is 74.5 Å². The lowest BCUT2D eigenvalue weighted by atomic mass is 9.96. The molecule has 0 fully saturated rings. The van der Waals surface area contributed by atoms with Gasteiger partial charge in [0.05, 0.1) is 27.9 Å². The zero-order chi connectivity index (χ0) is 23.7. The number of carbonyl (C=O) groups is 1. The maximum Gasteiger partial charge on any atom is 0.338 e. The summed E-state index contributed by atoms with van der Waals surface area (Å²) >= 11 is 2.98. The van der Waals surface area contributed by atoms with E-state index < -0.39 is 12.0 Å². The maximum absolute atomic E-state index is 13.6. The Morgan fingerprint density at radius 2 is 1.79 bits per heavy atom. The number of thioether (sulfide) groups is 1. The fourth-order valence-corrected chi connectivity index (χ4v) is 5.23. The second kappa shape index (κ2) is 9.53. The summed E-state index contributed by atoms with van der Waals surface area (Å²) < 4.78 is 7.75. The van der Waals surface area contributed by atoms with Crippen molar-refractivity contribution in [2.24, 2.45) is 4.99 Å². The predicted octanol–water partition coefficient (Wildman–Crippen LogP) is 4.22. The van der Waals surface area contributed by atoms with Crippen LogP contribution in [0.25, 0.3) is 6.08 Å². The van der Waals surface area contributed by atoms with Crippen LogP contribution >= 0.6 is 23.1 Å². The second-order valence-corrected chi connectivity index (χ2v) is 10.1. The van der Waals surface area contributed by atoms with Crippen molar-refractivity contribution in [3.63, 3.8) is 0 Å². The highest BCUT2D eigenvalue weighted by Crippen LogP contribution is 2.32. The molecule has 0 aliphatic carbocycles. The lowest BCUT2D eigenvalue weighted by molar-refractivity contribution is -0.143. The van der Waals surface area contributed by atoms with Crippen molar-refractivity contribution < 1.29 is 9.53 Å². The molecule has 2 aromatic carbocycles. The topological polar surface area (TPSA) is 60.7 Å². The van der Waals surface area contributed by atoms with Gasteiger partial charge in [-0.2, -0.15) is 0 Å². The molecule has 0 radical (unpaired) electrons. The van der Waals surface area contributed by atoms with Crippen molar-refractivity contribution in [2.45, 2.75) is 44.7 Å². The minimum Gasteiger partial charge on any atom is -0.459 e. The van der Waals surface area contributed by atoms with Crippen molar-refractivity contribution in [2.75, 3.05) is 6.26 Å². The molecule has 170 valence electrons. The van der Waals surface area contributed by atoms with Crippen molar-refractivity contribution in [3.05, 3.63) is 96.2 Å². The summed E-state index contributed by atoms with van der Waals surface area (Å²) in [6, 6.07) is 15.4. The van der Waals surface area contributed by atoms with E-state index in [0.717, 1.165) is 21.6 Å². The molecule has 7 heteroatoms. The van der Waals surface area contributed by atoms with Gasteiger partial charge in [0.15, 0.2) is 4.80 Å². The van der Waals surface area contributed by atoms with Gasteiger partial charge in [0.1, 0.15) is 0 Å². The van der Waals surface area contributed by atoms with Crippen LogP contribution in [0.5, 0.6) is 0 Å². The minimum absolute atomic E-state index is 0.166. The summed E-state index contributed by atoms with van der Waals surface area (Å²) in [6.07, 6.45) is 3.62. The van der Waals surface area contributed by atoms with E-state index in [1.54, 1.807) is 23.3 Å². The monoisotopic (exact) mass is 478 g/mol. The maximum atomic E-state index is 13.6. The number of carbonyl (C=O) groups excluding carboxylic acids is 1. The Balaban J connectivity index is 1.92. The Kier molecular flexibility index (Phi) is 6.72. The van der Waals surface area contributed by atoms with Gasteiger partial charge >= 0.3 is 5.97 Å². The lowest BCUT2D eigenvalue weighted by Gasteiger charge is -2.25. The molecule has 1 aromatic heterocycles. The molecule has 0 N–H and O–H groups in total. The number of aromatic nitrogens is 1. The molecule has 0 saturated heterocycles. The Morgan fingerprint density at radius 1 is 1.12 bits per heavy atom. The zero-order valence-corrected chi connectivity index (χ0v) is 20.9. The largest absolute Gasteiger partial charge is 0.459 e. The van der Waals surface area contributed by atoms with Crippen molar-refractivity contribution in [3.8, 4) is 0 Å². The first kappa shape index (κ1) is 23.3. The average Bonchev–Trinajstić information content (AvgIpc) is 3.08. The summed E-state index contributed by atoms with van der Waals surface area (Å²) in [4.78, 5) is 33.0. The summed E-state index contributed by atoms with van der Waals surface area (Å²) in [6.45, 7) is 7.46. The van der Waals surface area contributed by atoms with E-state index in [9.17, 15) is 9.59 Å². The van der Waals surface area contributed by atoms with Gasteiger partial charge in [0.2, 0.25) is 0 Å². The van der Waals surface area contributed by atoms with Crippen LogP contribution in [0.3, 0.4) is 0 Å². The molecule has 2 heterocycles. The highest BCUT2D eigenvalue weighted by molar-refractivity contribution is 7.98. The third kappa shape index (κ3) is 4.75. The molecule has 0 spiro atoms. The van der Waals surface area contributed by atoms with Gasteiger partial charge in [-0.25, -0.2) is 9.79 Å². The smallest absolute Gasteiger partial charge is 0.338 e. The number of rotatable bonds is 5. The standard InChI is InChI=1S/C26H26N2O3S2/c1-15(2)31-25(30)22-17(4)27-26-28(23(22)19-10-12-20(32-5)13-11-19)24(29)21(33-26)14-18-8-6-16(3)7-9-18/h6-15,23H,1-5H3/b21-14+. The minimum atomic E-state index is -0.594. The van der Waals surface area contributed by atoms with Gasteiger partial charge in [0, 0.05) is 4.90 Å². The van der Waals surface area contributed by atoms with E-state index in [1.165, 1.54) is 11.3 Å². The van der Waals surface area contributed by atoms with Gasteiger partial charge in [-0.3, -0.25) is 9.36 Å². The number of hydrogen-bond donors (Lipinski definition) is 0. The Morgan fingerprint density at radius 3 is 2.39 bits per heavy atom. The van der Waals surface area contributed by atoms with E-state index in [-0.39, 0.29) is 11.7 Å². The molecule has 1 unspecified atom stereocenters. The first-order chi connectivity index (χ1) is 15.8. The van der Waals surface area contributed by atoms with Crippen molar-refractivity contribution in [1.82, 2.24) is 4.57 Å². The van der Waals surface area contributed by atoms with Gasteiger partial charge < -0.3 is 4.74 Å². The highest BCUT2D eigenvalue weighted by atomic mass is 32.2. The van der Waals surface area contributed by atoms with Crippen molar-refractivity contribution >= 4 is 35.1 Å². The normalized spacial score (nSPS) is 16.1. The Hall–Kier alpha value is -2.90. The molecule has 0 amide bonds. The molecule has 3 aromatic rings. The van der Waals surface area contributed by atoms with Gasteiger partial charge in [-0.05, 0) is 63.3 Å². The molecule has 33 heavy (non-hydrogen) atoms. The Labute approximate surface area is 201 Å². The van der Waals surface area contributed by atoms with Crippen LogP contribution in [0.1, 0.15) is 43.5 Å². The average molecular weight is 479 g/mol. The molecule has 1 aliphatic rings. The number of aryl methyl sites for hydroxylation is 1. The molecule has 1 aliphatic heterocycles. The van der Waals surface area contributed by atoms with E-state index >= 15 is 0 Å². The third-order valence-electron chi connectivity index (χ3n) is 5.39. The van der Waals surface area contributed by atoms with E-state index in [4.69, 9.17) is 4.74 Å². The van der Waals surface area contributed by atoms with Crippen LogP contribution in [0, 0.1) is 6.92 Å². The number of ether oxygens (including phenoxy) is 1. The molecular weight excluding hydrogens is 452 g/mol. The van der Waals surface area contributed by atoms with E-state index in [2.05, 4.69) is 4.99 Å². The summed E-state index contributed by atoms with van der Waals surface area (Å²) in [7, 11) is 0. The molecule has 5 nitrogen and oxygen atoms in total. The van der Waals surface area contributed by atoms with Crippen molar-refractivity contribution in [1.29, 1.82) is 0 Å². The Bertz CT molecular complexity index is 1400. The fourth-order valence-electron chi connectivity index (χ4n) is 3.78. The van der Waals surface area contributed by atoms with Gasteiger partial charge in [-0.15, -0.1) is 11.8 Å². The number of benzene rings is 2. The van der Waals surface area contributed by atoms with E-state index in [0.29, 0.717) is 20.6 Å². The summed E-state index contributed by atoms with van der Waals surface area (Å²) in [5, 5.41) is 0. The number of hydrogen-bond acceptors (Lipinski definition) is 6. The number of thiazole rings is 1. The summed E-state index contributed by atoms with van der Waals surface area (Å²) in [5.41, 5.74) is 3.76. The third-order valence-corrected chi connectivity index (χ3v) is 7.12. The number of allylic oxidation sites excluding steroid dienone is 1. The summed E-state index contributed by atoms with van der Waals surface area (Å²) in [5.74, 6) is -0.446. The second-order valence-electron chi connectivity index (χ2n) is 8.22. The first-order valence-corrected chi connectivity index (χ1v) is 12.8. The van der Waals surface area contributed by atoms with Gasteiger partial charge in [-0.1, -0.05) is 53.3 Å². The zero-order valence-electron chi connectivity index (χ0n) is 19.3. The van der Waals surface area contributed by atoms with Crippen LogP contribution in [0.4, 0.5) is 0 Å². The van der Waals surface area contributed by atoms with Gasteiger partial charge in [0.25, 0.3) is 5.56 Å². The number of fused-ring (bicyclic) bond motifs is 1. The lowest BCUT2D eigenvalue weighted by Crippen LogP contribution is -2.40.